The molecule has 0 amide bonds. The molecule has 0 aliphatic heterocycles. The number of halogens is 1. The molecule has 2 nitrogen and oxygen atoms in total. The predicted molar refractivity (Wildman–Crippen MR) is 69.3 cm³/mol. The van der Waals surface area contributed by atoms with Crippen LogP contribution < -0.4 is 0 Å². The first kappa shape index (κ1) is 12.6. The van der Waals surface area contributed by atoms with Crippen LogP contribution in [-0.4, -0.2) is 10.8 Å². The number of carbonyl (C=O) groups is 1. The van der Waals surface area contributed by atoms with Gasteiger partial charge in [0, 0.05) is 17.7 Å². The van der Waals surface area contributed by atoms with E-state index < -0.39 is 0 Å². The minimum atomic E-state index is 0.187. The van der Waals surface area contributed by atoms with Crippen molar-refractivity contribution in [3.8, 4) is 0 Å². The van der Waals surface area contributed by atoms with E-state index in [1.54, 1.807) is 18.3 Å². The van der Waals surface area contributed by atoms with Crippen molar-refractivity contribution in [1.82, 2.24) is 4.98 Å². The SMILES string of the molecule is CCC1CCCC(C(=O)c2ccnc(Cl)c2)C1. The number of hydrogen-bond donors (Lipinski definition) is 0. The van der Waals surface area contributed by atoms with Gasteiger partial charge in [-0.15, -0.1) is 0 Å². The molecule has 0 saturated heterocycles. The van der Waals surface area contributed by atoms with Crippen LogP contribution in [0.5, 0.6) is 0 Å². The average molecular weight is 252 g/mol. The fourth-order valence-corrected chi connectivity index (χ4v) is 2.87. The molecule has 0 radical (unpaired) electrons. The second-order valence-corrected chi connectivity index (χ2v) is 5.26. The Bertz CT molecular complexity index is 405. The molecule has 1 aromatic rings. The summed E-state index contributed by atoms with van der Waals surface area (Å²) in [6.07, 6.45) is 7.30. The summed E-state index contributed by atoms with van der Waals surface area (Å²) in [5, 5.41) is 0.402. The summed E-state index contributed by atoms with van der Waals surface area (Å²) in [6, 6.07) is 3.45. The van der Waals surface area contributed by atoms with Gasteiger partial charge in [-0.2, -0.15) is 0 Å². The maximum atomic E-state index is 12.3. The van der Waals surface area contributed by atoms with Crippen LogP contribution in [0.15, 0.2) is 18.3 Å². The number of ketones is 1. The zero-order valence-corrected chi connectivity index (χ0v) is 10.9. The van der Waals surface area contributed by atoms with Gasteiger partial charge in [-0.25, -0.2) is 4.98 Å². The van der Waals surface area contributed by atoms with E-state index in [-0.39, 0.29) is 11.7 Å². The molecule has 2 rings (SSSR count). The van der Waals surface area contributed by atoms with Crippen LogP contribution >= 0.6 is 11.6 Å². The van der Waals surface area contributed by atoms with E-state index in [1.165, 1.54) is 19.3 Å². The lowest BCUT2D eigenvalue weighted by Crippen LogP contribution is -2.22. The molecule has 0 bridgehead atoms. The van der Waals surface area contributed by atoms with Crippen molar-refractivity contribution in [3.05, 3.63) is 29.0 Å². The first-order valence-corrected chi connectivity index (χ1v) is 6.74. The number of hydrogen-bond acceptors (Lipinski definition) is 2. The van der Waals surface area contributed by atoms with Crippen molar-refractivity contribution in [2.75, 3.05) is 0 Å². The predicted octanol–water partition coefficient (Wildman–Crippen LogP) is 4.13. The van der Waals surface area contributed by atoms with Crippen LogP contribution in [0.25, 0.3) is 0 Å². The highest BCUT2D eigenvalue weighted by atomic mass is 35.5. The smallest absolute Gasteiger partial charge is 0.166 e. The third-order valence-corrected chi connectivity index (χ3v) is 3.95. The molecule has 1 saturated carbocycles. The van der Waals surface area contributed by atoms with Crippen LogP contribution in [0, 0.1) is 11.8 Å². The van der Waals surface area contributed by atoms with E-state index in [4.69, 9.17) is 11.6 Å². The Morgan fingerprint density at radius 3 is 3.06 bits per heavy atom. The molecule has 2 unspecified atom stereocenters. The lowest BCUT2D eigenvalue weighted by atomic mass is 9.77. The summed E-state index contributed by atoms with van der Waals surface area (Å²) >= 11 is 5.82. The zero-order chi connectivity index (χ0) is 12.3. The first-order chi connectivity index (χ1) is 8.20. The lowest BCUT2D eigenvalue weighted by Gasteiger charge is -2.27. The van der Waals surface area contributed by atoms with E-state index in [9.17, 15) is 4.79 Å². The van der Waals surface area contributed by atoms with Crippen LogP contribution in [0.1, 0.15) is 49.4 Å². The van der Waals surface area contributed by atoms with Crippen molar-refractivity contribution in [2.45, 2.75) is 39.0 Å². The Morgan fingerprint density at radius 2 is 2.35 bits per heavy atom. The lowest BCUT2D eigenvalue weighted by molar-refractivity contribution is 0.0862. The molecule has 92 valence electrons. The number of carbonyl (C=O) groups excluding carboxylic acids is 1. The van der Waals surface area contributed by atoms with Gasteiger partial charge >= 0.3 is 0 Å². The highest BCUT2D eigenvalue weighted by Gasteiger charge is 2.27. The molecule has 0 spiro atoms. The van der Waals surface area contributed by atoms with Crippen molar-refractivity contribution < 1.29 is 4.79 Å². The topological polar surface area (TPSA) is 30.0 Å². The fourth-order valence-electron chi connectivity index (χ4n) is 2.69. The monoisotopic (exact) mass is 251 g/mol. The van der Waals surface area contributed by atoms with Crippen LogP contribution in [0.3, 0.4) is 0 Å². The molecule has 3 heteroatoms. The Hall–Kier alpha value is -0.890. The first-order valence-electron chi connectivity index (χ1n) is 6.36. The second-order valence-electron chi connectivity index (χ2n) is 4.87. The highest BCUT2D eigenvalue weighted by Crippen LogP contribution is 2.33. The van der Waals surface area contributed by atoms with Crippen molar-refractivity contribution >= 4 is 17.4 Å². The van der Waals surface area contributed by atoms with Crippen LogP contribution in [0.2, 0.25) is 5.15 Å². The maximum absolute atomic E-state index is 12.3. The normalized spacial score (nSPS) is 24.6. The van der Waals surface area contributed by atoms with E-state index in [0.29, 0.717) is 10.7 Å². The molecule has 1 aromatic heterocycles. The molecular weight excluding hydrogens is 234 g/mol. The molecule has 0 aromatic carbocycles. The Labute approximate surface area is 107 Å². The van der Waals surface area contributed by atoms with Crippen LogP contribution in [0.4, 0.5) is 0 Å². The summed E-state index contributed by atoms with van der Waals surface area (Å²) < 4.78 is 0. The van der Waals surface area contributed by atoms with Gasteiger partial charge in [0.05, 0.1) is 0 Å². The number of rotatable bonds is 3. The van der Waals surface area contributed by atoms with Gasteiger partial charge in [0.15, 0.2) is 5.78 Å². The molecule has 0 N–H and O–H groups in total. The third kappa shape index (κ3) is 3.06. The standard InChI is InChI=1S/C14H18ClNO/c1-2-10-4-3-5-11(8-10)14(17)12-6-7-16-13(15)9-12/h6-7,9-11H,2-5,8H2,1H3. The minimum absolute atomic E-state index is 0.187. The van der Waals surface area contributed by atoms with E-state index in [0.717, 1.165) is 18.8 Å². The van der Waals surface area contributed by atoms with Gasteiger partial charge < -0.3 is 0 Å². The van der Waals surface area contributed by atoms with Crippen molar-refractivity contribution in [2.24, 2.45) is 11.8 Å². The van der Waals surface area contributed by atoms with Gasteiger partial charge in [0.2, 0.25) is 0 Å². The second kappa shape index (κ2) is 5.63. The molecule has 1 fully saturated rings. The van der Waals surface area contributed by atoms with Gasteiger partial charge in [-0.3, -0.25) is 4.79 Å². The largest absolute Gasteiger partial charge is 0.294 e. The fraction of sp³-hybridized carbons (Fsp3) is 0.571. The number of aromatic nitrogens is 1. The molecular formula is C14H18ClNO. The van der Waals surface area contributed by atoms with E-state index >= 15 is 0 Å². The van der Waals surface area contributed by atoms with E-state index in [1.807, 2.05) is 0 Å². The summed E-state index contributed by atoms with van der Waals surface area (Å²) in [5.74, 6) is 1.15. The maximum Gasteiger partial charge on any atom is 0.166 e. The average Bonchev–Trinajstić information content (AvgIpc) is 2.38. The quantitative estimate of drug-likeness (QED) is 0.597. The number of nitrogens with zero attached hydrogens (tertiary/aromatic N) is 1. The van der Waals surface area contributed by atoms with E-state index in [2.05, 4.69) is 11.9 Å². The zero-order valence-electron chi connectivity index (χ0n) is 10.2. The summed E-state index contributed by atoms with van der Waals surface area (Å²) in [7, 11) is 0. The van der Waals surface area contributed by atoms with Crippen molar-refractivity contribution in [1.29, 1.82) is 0 Å². The number of pyridine rings is 1. The Morgan fingerprint density at radius 1 is 1.53 bits per heavy atom. The number of Topliss-reactive ketones (excluding diaryl/α,β-unsaturated/α-hetero) is 1. The summed E-state index contributed by atoms with van der Waals surface area (Å²) in [4.78, 5) is 16.2. The molecule has 1 heterocycles. The minimum Gasteiger partial charge on any atom is -0.294 e. The van der Waals surface area contributed by atoms with Gasteiger partial charge in [-0.1, -0.05) is 37.8 Å². The molecule has 17 heavy (non-hydrogen) atoms. The third-order valence-electron chi connectivity index (χ3n) is 3.74. The summed E-state index contributed by atoms with van der Waals surface area (Å²) in [5.41, 5.74) is 0.715. The summed E-state index contributed by atoms with van der Waals surface area (Å²) in [6.45, 7) is 2.21. The van der Waals surface area contributed by atoms with Crippen LogP contribution in [-0.2, 0) is 0 Å². The Kier molecular flexibility index (Phi) is 4.16. The molecule has 1 aliphatic rings. The molecule has 2 atom stereocenters. The van der Waals surface area contributed by atoms with Gasteiger partial charge in [-0.05, 0) is 30.9 Å². The highest BCUT2D eigenvalue weighted by molar-refractivity contribution is 6.29. The molecule has 1 aliphatic carbocycles. The van der Waals surface area contributed by atoms with Gasteiger partial charge in [0.25, 0.3) is 0 Å². The Balaban J connectivity index is 2.09. The van der Waals surface area contributed by atoms with Crippen molar-refractivity contribution in [3.63, 3.8) is 0 Å². The van der Waals surface area contributed by atoms with Gasteiger partial charge in [0.1, 0.15) is 5.15 Å².